The number of fused-ring (bicyclic) bond motifs is 1. The van der Waals surface area contributed by atoms with Crippen molar-refractivity contribution in [3.63, 3.8) is 0 Å². The number of sulfone groups is 1. The molecule has 2 aromatic rings. The molecule has 1 aromatic carbocycles. The van der Waals surface area contributed by atoms with Gasteiger partial charge in [-0.25, -0.2) is 13.2 Å². The number of nitrogens with zero attached hydrogens (tertiary/aromatic N) is 2. The fourth-order valence-electron chi connectivity index (χ4n) is 3.34. The Hall–Kier alpha value is -2.09. The lowest BCUT2D eigenvalue weighted by Crippen LogP contribution is -2.41. The summed E-state index contributed by atoms with van der Waals surface area (Å²) in [6.45, 7) is 2.81. The molecule has 25 heavy (non-hydrogen) atoms. The van der Waals surface area contributed by atoms with Gasteiger partial charge >= 0.3 is 5.69 Å². The van der Waals surface area contributed by atoms with Crippen LogP contribution in [0.25, 0.3) is 11.0 Å². The molecule has 1 aliphatic rings. The molecule has 0 spiro atoms. The molecule has 0 aliphatic carbocycles. The second-order valence-corrected chi connectivity index (χ2v) is 8.71. The first kappa shape index (κ1) is 17.7. The number of para-hydroxylation sites is 2. The van der Waals surface area contributed by atoms with Crippen LogP contribution in [-0.4, -0.2) is 41.0 Å². The van der Waals surface area contributed by atoms with E-state index >= 15 is 0 Å². The minimum Gasteiger partial charge on any atom is -0.353 e. The third-order valence-corrected chi connectivity index (χ3v) is 6.44. The molecule has 8 heteroatoms. The Labute approximate surface area is 146 Å². The zero-order valence-corrected chi connectivity index (χ0v) is 15.1. The molecule has 1 aromatic heterocycles. The molecular formula is C17H23N3O4S. The lowest BCUT2D eigenvalue weighted by atomic mass is 10.1. The Morgan fingerprint density at radius 3 is 2.36 bits per heavy atom. The van der Waals surface area contributed by atoms with Crippen molar-refractivity contribution < 1.29 is 13.2 Å². The van der Waals surface area contributed by atoms with E-state index < -0.39 is 9.84 Å². The van der Waals surface area contributed by atoms with E-state index in [9.17, 15) is 18.0 Å². The third-order valence-electron chi connectivity index (χ3n) is 4.72. The molecule has 2 heterocycles. The van der Waals surface area contributed by atoms with Crippen LogP contribution in [0.1, 0.15) is 26.2 Å². The summed E-state index contributed by atoms with van der Waals surface area (Å²) in [4.78, 5) is 24.7. The minimum atomic E-state index is -2.94. The van der Waals surface area contributed by atoms with E-state index in [0.29, 0.717) is 25.9 Å². The number of carbonyl (C=O) groups is 1. The average molecular weight is 365 g/mol. The lowest BCUT2D eigenvalue weighted by Gasteiger charge is -2.23. The molecule has 1 fully saturated rings. The SMILES string of the molecule is CCn1c(=O)n(CCC(=O)NC2CCS(=O)(=O)CC2)c2ccccc21. The zero-order chi connectivity index (χ0) is 18.0. The van der Waals surface area contributed by atoms with Gasteiger partial charge in [0.2, 0.25) is 5.91 Å². The zero-order valence-electron chi connectivity index (χ0n) is 14.3. The highest BCUT2D eigenvalue weighted by Gasteiger charge is 2.24. The number of aromatic nitrogens is 2. The summed E-state index contributed by atoms with van der Waals surface area (Å²) in [5.41, 5.74) is 1.58. The van der Waals surface area contributed by atoms with Crippen molar-refractivity contribution in [1.29, 1.82) is 0 Å². The van der Waals surface area contributed by atoms with E-state index in [2.05, 4.69) is 5.32 Å². The van der Waals surface area contributed by atoms with Crippen LogP contribution in [0.4, 0.5) is 0 Å². The minimum absolute atomic E-state index is 0.0928. The summed E-state index contributed by atoms with van der Waals surface area (Å²) >= 11 is 0. The molecule has 136 valence electrons. The van der Waals surface area contributed by atoms with Gasteiger partial charge in [0.1, 0.15) is 9.84 Å². The lowest BCUT2D eigenvalue weighted by molar-refractivity contribution is -0.122. The molecule has 1 saturated heterocycles. The summed E-state index contributed by atoms with van der Waals surface area (Å²) in [5.74, 6) is 0.104. The summed E-state index contributed by atoms with van der Waals surface area (Å²) < 4.78 is 26.2. The molecular weight excluding hydrogens is 342 g/mol. The van der Waals surface area contributed by atoms with Crippen LogP contribution in [0.2, 0.25) is 0 Å². The number of imidazole rings is 1. The van der Waals surface area contributed by atoms with Crippen molar-refractivity contribution in [2.45, 2.75) is 45.3 Å². The predicted octanol–water partition coefficient (Wildman–Crippen LogP) is 0.906. The monoisotopic (exact) mass is 365 g/mol. The second-order valence-electron chi connectivity index (χ2n) is 6.41. The first-order valence-electron chi connectivity index (χ1n) is 8.59. The van der Waals surface area contributed by atoms with Gasteiger partial charge in [-0.15, -0.1) is 0 Å². The molecule has 0 radical (unpaired) electrons. The summed E-state index contributed by atoms with van der Waals surface area (Å²) in [6.07, 6.45) is 1.12. The van der Waals surface area contributed by atoms with Gasteiger partial charge in [-0.3, -0.25) is 13.9 Å². The quantitative estimate of drug-likeness (QED) is 0.853. The van der Waals surface area contributed by atoms with Crippen molar-refractivity contribution in [3.05, 3.63) is 34.7 Å². The van der Waals surface area contributed by atoms with E-state index in [-0.39, 0.29) is 35.6 Å². The Morgan fingerprint density at radius 2 is 1.76 bits per heavy atom. The van der Waals surface area contributed by atoms with Gasteiger partial charge in [0, 0.05) is 25.6 Å². The standard InChI is InChI=1S/C17H23N3O4S/c1-2-19-14-5-3-4-6-15(14)20(17(19)22)10-7-16(21)18-13-8-11-25(23,24)12-9-13/h3-6,13H,2,7-12H2,1H3,(H,18,21). The van der Waals surface area contributed by atoms with Gasteiger partial charge in [0.15, 0.2) is 0 Å². The molecule has 0 unspecified atom stereocenters. The van der Waals surface area contributed by atoms with Crippen LogP contribution in [0.15, 0.2) is 29.1 Å². The van der Waals surface area contributed by atoms with Crippen LogP contribution in [0.3, 0.4) is 0 Å². The number of amides is 1. The average Bonchev–Trinajstić information content (AvgIpc) is 2.86. The molecule has 1 amide bonds. The van der Waals surface area contributed by atoms with Gasteiger partial charge in [-0.2, -0.15) is 0 Å². The van der Waals surface area contributed by atoms with Crippen molar-refractivity contribution in [3.8, 4) is 0 Å². The largest absolute Gasteiger partial charge is 0.353 e. The maximum absolute atomic E-state index is 12.5. The van der Waals surface area contributed by atoms with Crippen LogP contribution >= 0.6 is 0 Å². The molecule has 7 nitrogen and oxygen atoms in total. The highest BCUT2D eigenvalue weighted by Crippen LogP contribution is 2.14. The van der Waals surface area contributed by atoms with E-state index in [1.165, 1.54) is 0 Å². The number of benzene rings is 1. The first-order valence-corrected chi connectivity index (χ1v) is 10.4. The summed E-state index contributed by atoms with van der Waals surface area (Å²) in [7, 11) is -2.94. The number of aryl methyl sites for hydroxylation is 2. The molecule has 1 aliphatic heterocycles. The van der Waals surface area contributed by atoms with E-state index in [0.717, 1.165) is 11.0 Å². The van der Waals surface area contributed by atoms with Crippen molar-refractivity contribution >= 4 is 26.8 Å². The molecule has 0 bridgehead atoms. The van der Waals surface area contributed by atoms with Crippen LogP contribution < -0.4 is 11.0 Å². The predicted molar refractivity (Wildman–Crippen MR) is 96.3 cm³/mol. The smallest absolute Gasteiger partial charge is 0.329 e. The summed E-state index contributed by atoms with van der Waals surface area (Å²) in [5, 5.41) is 2.89. The fourth-order valence-corrected chi connectivity index (χ4v) is 4.83. The Kier molecular flexibility index (Phi) is 4.99. The first-order chi connectivity index (χ1) is 11.9. The van der Waals surface area contributed by atoms with Crippen molar-refractivity contribution in [2.24, 2.45) is 0 Å². The number of nitrogens with one attached hydrogen (secondary N) is 1. The maximum atomic E-state index is 12.5. The fraction of sp³-hybridized carbons (Fsp3) is 0.529. The van der Waals surface area contributed by atoms with Crippen molar-refractivity contribution in [1.82, 2.24) is 14.5 Å². The highest BCUT2D eigenvalue weighted by molar-refractivity contribution is 7.91. The third kappa shape index (κ3) is 3.78. The van der Waals surface area contributed by atoms with E-state index in [4.69, 9.17) is 0 Å². The van der Waals surface area contributed by atoms with Crippen LogP contribution in [-0.2, 0) is 27.7 Å². The van der Waals surface area contributed by atoms with Crippen molar-refractivity contribution in [2.75, 3.05) is 11.5 Å². The van der Waals surface area contributed by atoms with Gasteiger partial charge in [0.05, 0.1) is 22.5 Å². The highest BCUT2D eigenvalue weighted by atomic mass is 32.2. The van der Waals surface area contributed by atoms with Gasteiger partial charge in [0.25, 0.3) is 0 Å². The molecule has 3 rings (SSSR count). The van der Waals surface area contributed by atoms with Gasteiger partial charge in [-0.1, -0.05) is 12.1 Å². The number of hydrogen-bond donors (Lipinski definition) is 1. The Bertz CT molecular complexity index is 928. The molecule has 0 saturated carbocycles. The summed E-state index contributed by atoms with van der Waals surface area (Å²) in [6, 6.07) is 7.46. The topological polar surface area (TPSA) is 90.2 Å². The molecule has 0 atom stereocenters. The number of carbonyl (C=O) groups excluding carboxylic acids is 1. The Morgan fingerprint density at radius 1 is 1.16 bits per heavy atom. The van der Waals surface area contributed by atoms with E-state index in [1.807, 2.05) is 31.2 Å². The van der Waals surface area contributed by atoms with Gasteiger partial charge in [-0.05, 0) is 31.9 Å². The van der Waals surface area contributed by atoms with Gasteiger partial charge < -0.3 is 5.32 Å². The normalized spacial score (nSPS) is 17.6. The Balaban J connectivity index is 1.66. The van der Waals surface area contributed by atoms with Crippen LogP contribution in [0.5, 0.6) is 0 Å². The second kappa shape index (κ2) is 7.03. The number of hydrogen-bond acceptors (Lipinski definition) is 4. The van der Waals surface area contributed by atoms with E-state index in [1.54, 1.807) is 9.13 Å². The maximum Gasteiger partial charge on any atom is 0.329 e. The van der Waals surface area contributed by atoms with Crippen LogP contribution in [0, 0.1) is 0 Å². The molecule has 1 N–H and O–H groups in total. The number of rotatable bonds is 5.